The summed E-state index contributed by atoms with van der Waals surface area (Å²) in [5.74, 6) is -5.08. The van der Waals surface area contributed by atoms with E-state index in [9.17, 15) is 33.9 Å². The highest BCUT2D eigenvalue weighted by Crippen LogP contribution is 2.35. The Morgan fingerprint density at radius 3 is 1.40 bits per heavy atom. The van der Waals surface area contributed by atoms with Crippen molar-refractivity contribution in [2.24, 2.45) is 0 Å². The lowest BCUT2D eigenvalue weighted by Crippen LogP contribution is -2.66. The molecule has 16 heteroatoms. The summed E-state index contributed by atoms with van der Waals surface area (Å²) in [6.07, 6.45) is -15.9. The second kappa shape index (κ2) is 18.6. The van der Waals surface area contributed by atoms with Crippen LogP contribution in [0.5, 0.6) is 0 Å². The van der Waals surface area contributed by atoms with E-state index in [1.54, 1.807) is 54.6 Å². The molecule has 0 unspecified atom stereocenters. The first kappa shape index (κ1) is 40.5. The number of carbonyl (C=O) groups excluding carboxylic acids is 6. The van der Waals surface area contributed by atoms with Crippen molar-refractivity contribution in [2.75, 3.05) is 6.61 Å². The van der Waals surface area contributed by atoms with Crippen molar-refractivity contribution in [3.63, 3.8) is 0 Å². The number of aliphatic hydroxyl groups is 1. The summed E-state index contributed by atoms with van der Waals surface area (Å²) in [6, 6.07) is 23.6. The minimum atomic E-state index is -1.97. The van der Waals surface area contributed by atoms with Crippen LogP contribution in [0.15, 0.2) is 91.0 Å². The van der Waals surface area contributed by atoms with E-state index in [2.05, 4.69) is 0 Å². The first-order chi connectivity index (χ1) is 26.3. The summed E-state index contributed by atoms with van der Waals surface area (Å²) in [5, 5.41) is 11.3. The van der Waals surface area contributed by atoms with Gasteiger partial charge in [-0.3, -0.25) is 14.4 Å². The second-order valence-electron chi connectivity index (χ2n) is 12.5. The van der Waals surface area contributed by atoms with Crippen molar-refractivity contribution in [1.29, 1.82) is 0 Å². The molecule has 0 bridgehead atoms. The number of hydrogen-bond donors (Lipinski definition) is 1. The third-order valence-electron chi connectivity index (χ3n) is 8.44. The highest BCUT2D eigenvalue weighted by Gasteiger charge is 2.56. The van der Waals surface area contributed by atoms with Crippen molar-refractivity contribution in [2.45, 2.75) is 89.1 Å². The average molecular weight is 765 g/mol. The molecule has 2 heterocycles. The van der Waals surface area contributed by atoms with Crippen LogP contribution in [0.3, 0.4) is 0 Å². The monoisotopic (exact) mass is 764 g/mol. The van der Waals surface area contributed by atoms with E-state index in [-0.39, 0.29) is 16.7 Å². The Morgan fingerprint density at radius 2 is 0.945 bits per heavy atom. The van der Waals surface area contributed by atoms with Gasteiger partial charge < -0.3 is 47.7 Å². The van der Waals surface area contributed by atoms with Gasteiger partial charge in [-0.1, -0.05) is 54.6 Å². The van der Waals surface area contributed by atoms with E-state index < -0.39 is 104 Å². The SMILES string of the molecule is CC(=O)OC[C@H]1O[C@@H](O)[C@H](O[C@@H]2O[C@@H](C)[C@@H](OC(=O)c3ccccc3)[C@@H](OC(=O)c3ccccc3)[C@@H]2OC(=O)c2ccccc2)[C@@H](OC(C)=O)[C@H]1OC(C)=O. The third kappa shape index (κ3) is 10.5. The Morgan fingerprint density at radius 1 is 0.527 bits per heavy atom. The van der Waals surface area contributed by atoms with E-state index in [1.165, 1.54) is 43.3 Å². The molecule has 0 spiro atoms. The zero-order valence-corrected chi connectivity index (χ0v) is 30.2. The number of carbonyl (C=O) groups is 6. The van der Waals surface area contributed by atoms with Gasteiger partial charge in [0.05, 0.1) is 22.8 Å². The highest BCUT2D eigenvalue weighted by molar-refractivity contribution is 5.91. The molecule has 0 saturated carbocycles. The molecule has 1 N–H and O–H groups in total. The lowest BCUT2D eigenvalue weighted by Gasteiger charge is -2.47. The van der Waals surface area contributed by atoms with Gasteiger partial charge >= 0.3 is 35.8 Å². The Balaban J connectivity index is 1.56. The number of rotatable bonds is 12. The molecule has 55 heavy (non-hydrogen) atoms. The molecule has 3 aromatic carbocycles. The normalized spacial score (nSPS) is 27.4. The Labute approximate surface area is 315 Å². The molecule has 2 saturated heterocycles. The second-order valence-corrected chi connectivity index (χ2v) is 12.5. The maximum absolute atomic E-state index is 13.7. The van der Waals surface area contributed by atoms with Crippen LogP contribution in [0.1, 0.15) is 58.8 Å². The standard InChI is InChI=1S/C39H40O16/c1-21-29(52-35(43)25-14-8-5-9-15-25)31(53-36(44)26-16-10-6-11-17-26)34(54-37(45)27-18-12-7-13-19-27)39(48-21)55-33-32(50-24(4)42)30(49-23(3)41)28(51-38(33)46)20-47-22(2)40/h5-19,21,28-34,38-39,46H,20H2,1-4H3/t21-,28+,29+,30-,31+,32-,33+,34-,38+,39-/m0/s1. The smallest absolute Gasteiger partial charge is 0.338 e. The molecule has 2 aliphatic heterocycles. The predicted molar refractivity (Wildman–Crippen MR) is 185 cm³/mol. The zero-order chi connectivity index (χ0) is 39.6. The van der Waals surface area contributed by atoms with Crippen LogP contribution in [0.25, 0.3) is 0 Å². The fraction of sp³-hybridized carbons (Fsp3) is 0.385. The molecule has 0 amide bonds. The fourth-order valence-electron chi connectivity index (χ4n) is 5.99. The minimum Gasteiger partial charge on any atom is -0.463 e. The Bertz CT molecular complexity index is 1800. The zero-order valence-electron chi connectivity index (χ0n) is 30.2. The van der Waals surface area contributed by atoms with Gasteiger partial charge in [-0.05, 0) is 43.3 Å². The molecule has 0 aliphatic carbocycles. The fourth-order valence-corrected chi connectivity index (χ4v) is 5.99. The number of benzene rings is 3. The van der Waals surface area contributed by atoms with Gasteiger partial charge in [0, 0.05) is 20.8 Å². The van der Waals surface area contributed by atoms with Crippen molar-refractivity contribution in [3.8, 4) is 0 Å². The maximum atomic E-state index is 13.7. The van der Waals surface area contributed by atoms with Gasteiger partial charge in [0.15, 0.2) is 49.2 Å². The van der Waals surface area contributed by atoms with E-state index in [0.717, 1.165) is 20.8 Å². The van der Waals surface area contributed by atoms with Gasteiger partial charge in [-0.15, -0.1) is 0 Å². The van der Waals surface area contributed by atoms with Crippen LogP contribution >= 0.6 is 0 Å². The van der Waals surface area contributed by atoms with Crippen LogP contribution < -0.4 is 0 Å². The topological polar surface area (TPSA) is 206 Å². The summed E-state index contributed by atoms with van der Waals surface area (Å²) >= 11 is 0. The summed E-state index contributed by atoms with van der Waals surface area (Å²) in [4.78, 5) is 77.0. The van der Waals surface area contributed by atoms with Crippen LogP contribution in [-0.2, 0) is 57.0 Å². The molecule has 16 nitrogen and oxygen atoms in total. The molecular formula is C39H40O16. The Kier molecular flexibility index (Phi) is 13.7. The maximum Gasteiger partial charge on any atom is 0.338 e. The van der Waals surface area contributed by atoms with E-state index in [1.807, 2.05) is 0 Å². The van der Waals surface area contributed by atoms with Gasteiger partial charge in [-0.2, -0.15) is 0 Å². The molecule has 0 aromatic heterocycles. The predicted octanol–water partition coefficient (Wildman–Crippen LogP) is 2.94. The number of aliphatic hydroxyl groups excluding tert-OH is 1. The van der Waals surface area contributed by atoms with Gasteiger partial charge in [-0.25, -0.2) is 14.4 Å². The first-order valence-corrected chi connectivity index (χ1v) is 17.2. The van der Waals surface area contributed by atoms with Gasteiger partial charge in [0.2, 0.25) is 0 Å². The van der Waals surface area contributed by atoms with Gasteiger partial charge in [0.1, 0.15) is 12.7 Å². The minimum absolute atomic E-state index is 0.0768. The molecule has 2 aliphatic rings. The van der Waals surface area contributed by atoms with E-state index in [4.69, 9.17) is 42.6 Å². The van der Waals surface area contributed by atoms with E-state index >= 15 is 0 Å². The molecule has 10 atom stereocenters. The van der Waals surface area contributed by atoms with Crippen LogP contribution in [0, 0.1) is 0 Å². The van der Waals surface area contributed by atoms with Crippen molar-refractivity contribution >= 4 is 35.8 Å². The quantitative estimate of drug-likeness (QED) is 0.208. The summed E-state index contributed by atoms with van der Waals surface area (Å²) in [6.45, 7) is 4.21. The molecule has 292 valence electrons. The lowest BCUT2D eigenvalue weighted by molar-refractivity contribution is -0.358. The lowest BCUT2D eigenvalue weighted by atomic mass is 9.96. The van der Waals surface area contributed by atoms with Crippen molar-refractivity contribution in [1.82, 2.24) is 0 Å². The molecular weight excluding hydrogens is 724 g/mol. The molecule has 3 aromatic rings. The summed E-state index contributed by atoms with van der Waals surface area (Å²) < 4.78 is 51.9. The largest absolute Gasteiger partial charge is 0.463 e. The van der Waals surface area contributed by atoms with Crippen LogP contribution in [0.2, 0.25) is 0 Å². The number of esters is 6. The van der Waals surface area contributed by atoms with Gasteiger partial charge in [0.25, 0.3) is 0 Å². The average Bonchev–Trinajstić information content (AvgIpc) is 3.16. The molecule has 2 fully saturated rings. The molecule has 0 radical (unpaired) electrons. The summed E-state index contributed by atoms with van der Waals surface area (Å²) in [5.41, 5.74) is 0.341. The molecule has 5 rings (SSSR count). The number of ether oxygens (including phenoxy) is 9. The van der Waals surface area contributed by atoms with Crippen molar-refractivity contribution < 1.29 is 76.5 Å². The third-order valence-corrected chi connectivity index (χ3v) is 8.44. The Hall–Kier alpha value is -5.68. The number of hydrogen-bond acceptors (Lipinski definition) is 16. The highest BCUT2D eigenvalue weighted by atomic mass is 16.8. The van der Waals surface area contributed by atoms with Crippen LogP contribution in [-0.4, -0.2) is 109 Å². The van der Waals surface area contributed by atoms with Crippen molar-refractivity contribution in [3.05, 3.63) is 108 Å². The van der Waals surface area contributed by atoms with E-state index in [0.29, 0.717) is 0 Å². The summed E-state index contributed by atoms with van der Waals surface area (Å²) in [7, 11) is 0. The first-order valence-electron chi connectivity index (χ1n) is 17.2. The van der Waals surface area contributed by atoms with Crippen LogP contribution in [0.4, 0.5) is 0 Å².